The first-order chi connectivity index (χ1) is 12.6. The lowest BCUT2D eigenvalue weighted by Gasteiger charge is -2.45. The Bertz CT molecular complexity index is 634. The summed E-state index contributed by atoms with van der Waals surface area (Å²) >= 11 is 3.55. The summed E-state index contributed by atoms with van der Waals surface area (Å²) in [5, 5.41) is 6.37. The third kappa shape index (κ3) is 4.71. The van der Waals surface area contributed by atoms with Gasteiger partial charge in [0.05, 0.1) is 11.2 Å². The largest absolute Gasteiger partial charge is 0.354 e. The van der Waals surface area contributed by atoms with E-state index < -0.39 is 0 Å². The minimum Gasteiger partial charge on any atom is -0.354 e. The second-order valence-electron chi connectivity index (χ2n) is 7.01. The maximum atomic E-state index is 12.1. The summed E-state index contributed by atoms with van der Waals surface area (Å²) in [6.07, 6.45) is 6.75. The van der Waals surface area contributed by atoms with E-state index in [4.69, 9.17) is 0 Å². The zero-order chi connectivity index (χ0) is 18.4. The van der Waals surface area contributed by atoms with Gasteiger partial charge in [-0.1, -0.05) is 19.3 Å². The van der Waals surface area contributed by atoms with Gasteiger partial charge in [-0.3, -0.25) is 9.79 Å². The molecule has 1 saturated heterocycles. The van der Waals surface area contributed by atoms with E-state index >= 15 is 0 Å². The fourth-order valence-corrected chi connectivity index (χ4v) is 6.09. The number of aromatic nitrogens is 1. The second-order valence-corrected chi connectivity index (χ2v) is 9.43. The molecule has 2 fully saturated rings. The Kier molecular flexibility index (Phi) is 6.80. The number of aliphatic imine (C=N–C) groups is 1. The Balaban J connectivity index is 1.46. The molecule has 8 heteroatoms. The van der Waals surface area contributed by atoms with Gasteiger partial charge in [0.2, 0.25) is 0 Å². The lowest BCUT2D eigenvalue weighted by atomic mass is 9.87. The third-order valence-corrected chi connectivity index (χ3v) is 7.63. The van der Waals surface area contributed by atoms with E-state index in [-0.39, 0.29) is 5.91 Å². The van der Waals surface area contributed by atoms with Crippen LogP contribution in [0.15, 0.2) is 10.5 Å². The number of nitrogens with one attached hydrogen (secondary N) is 2. The molecule has 0 unspecified atom stereocenters. The number of carbonyl (C=O) groups is 1. The van der Waals surface area contributed by atoms with Gasteiger partial charge in [0.15, 0.2) is 5.96 Å². The fourth-order valence-electron chi connectivity index (χ4n) is 3.81. The monoisotopic (exact) mass is 395 g/mol. The van der Waals surface area contributed by atoms with Crippen LogP contribution in [0.1, 0.15) is 47.5 Å². The van der Waals surface area contributed by atoms with Crippen molar-refractivity contribution in [1.29, 1.82) is 0 Å². The molecule has 1 amide bonds. The summed E-state index contributed by atoms with van der Waals surface area (Å²) in [6.45, 7) is 5.24. The topological polar surface area (TPSA) is 69.6 Å². The first-order valence-corrected chi connectivity index (χ1v) is 11.3. The number of carbonyl (C=O) groups excluding carboxylic acids is 1. The standard InChI is InChI=1S/C18H29N5OS2/c1-14-15(25-13-22-14)16(24)20-8-9-21-17(19-2)23-10-11-26-18(12-23)6-4-3-5-7-18/h13H,3-12H2,1-2H3,(H,19,21)(H,20,24). The molecular weight excluding hydrogens is 366 g/mol. The molecule has 3 rings (SSSR count). The number of guanidine groups is 1. The van der Waals surface area contributed by atoms with E-state index in [1.54, 1.807) is 5.51 Å². The summed E-state index contributed by atoms with van der Waals surface area (Å²) in [5.74, 6) is 2.08. The molecule has 0 aromatic carbocycles. The van der Waals surface area contributed by atoms with Crippen molar-refractivity contribution >= 4 is 35.0 Å². The molecule has 26 heavy (non-hydrogen) atoms. The van der Waals surface area contributed by atoms with E-state index in [1.807, 2.05) is 14.0 Å². The van der Waals surface area contributed by atoms with Gasteiger partial charge in [-0.15, -0.1) is 11.3 Å². The molecule has 0 radical (unpaired) electrons. The molecule has 0 bridgehead atoms. The Hall–Kier alpha value is -1.28. The van der Waals surface area contributed by atoms with Gasteiger partial charge in [0, 0.05) is 43.7 Å². The maximum absolute atomic E-state index is 12.1. The highest BCUT2D eigenvalue weighted by Crippen LogP contribution is 2.42. The summed E-state index contributed by atoms with van der Waals surface area (Å²) in [7, 11) is 1.84. The van der Waals surface area contributed by atoms with Gasteiger partial charge in [0.1, 0.15) is 4.88 Å². The minimum atomic E-state index is -0.0441. The molecule has 1 aliphatic carbocycles. The smallest absolute Gasteiger partial charge is 0.263 e. The van der Waals surface area contributed by atoms with Crippen LogP contribution in [0.5, 0.6) is 0 Å². The Morgan fingerprint density at radius 2 is 2.08 bits per heavy atom. The van der Waals surface area contributed by atoms with Crippen molar-refractivity contribution in [3.63, 3.8) is 0 Å². The average molecular weight is 396 g/mol. The molecule has 1 saturated carbocycles. The predicted molar refractivity (Wildman–Crippen MR) is 110 cm³/mol. The molecule has 144 valence electrons. The summed E-state index contributed by atoms with van der Waals surface area (Å²) in [4.78, 5) is 23.8. The highest BCUT2D eigenvalue weighted by molar-refractivity contribution is 8.00. The lowest BCUT2D eigenvalue weighted by Crippen LogP contribution is -2.54. The molecule has 6 nitrogen and oxygen atoms in total. The van der Waals surface area contributed by atoms with Crippen LogP contribution >= 0.6 is 23.1 Å². The molecular formula is C18H29N5OS2. The minimum absolute atomic E-state index is 0.0441. The van der Waals surface area contributed by atoms with Gasteiger partial charge >= 0.3 is 0 Å². The second kappa shape index (κ2) is 9.08. The van der Waals surface area contributed by atoms with Gasteiger partial charge in [-0.05, 0) is 19.8 Å². The van der Waals surface area contributed by atoms with Crippen molar-refractivity contribution in [3.8, 4) is 0 Å². The summed E-state index contributed by atoms with van der Waals surface area (Å²) in [5.41, 5.74) is 2.50. The van der Waals surface area contributed by atoms with Crippen LogP contribution in [-0.4, -0.2) is 65.5 Å². The molecule has 1 aliphatic heterocycles. The molecule has 2 heterocycles. The van der Waals surface area contributed by atoms with Crippen molar-refractivity contribution in [1.82, 2.24) is 20.5 Å². The zero-order valence-electron chi connectivity index (χ0n) is 15.7. The summed E-state index contributed by atoms with van der Waals surface area (Å²) < 4.78 is 0.423. The molecule has 1 aromatic rings. The zero-order valence-corrected chi connectivity index (χ0v) is 17.3. The van der Waals surface area contributed by atoms with Crippen molar-refractivity contribution < 1.29 is 4.79 Å². The predicted octanol–water partition coefficient (Wildman–Crippen LogP) is 2.51. The maximum Gasteiger partial charge on any atom is 0.263 e. The summed E-state index contributed by atoms with van der Waals surface area (Å²) in [6, 6.07) is 0. The number of hydrogen-bond donors (Lipinski definition) is 2. The van der Waals surface area contributed by atoms with Crippen LogP contribution in [-0.2, 0) is 0 Å². The van der Waals surface area contributed by atoms with Crippen molar-refractivity contribution in [3.05, 3.63) is 16.1 Å². The van der Waals surface area contributed by atoms with E-state index in [2.05, 4.69) is 37.3 Å². The SMILES string of the molecule is CN=C(NCCNC(=O)c1scnc1C)N1CCSC2(CCCCC2)C1. The number of rotatable bonds is 4. The number of aryl methyl sites for hydroxylation is 1. The number of amides is 1. The molecule has 2 N–H and O–H groups in total. The Morgan fingerprint density at radius 3 is 2.77 bits per heavy atom. The van der Waals surface area contributed by atoms with Gasteiger partial charge in [-0.2, -0.15) is 11.8 Å². The fraction of sp³-hybridized carbons (Fsp3) is 0.722. The van der Waals surface area contributed by atoms with Crippen LogP contribution in [0.2, 0.25) is 0 Å². The first kappa shape index (κ1) is 19.5. The Labute approximate surface area is 164 Å². The van der Waals surface area contributed by atoms with Crippen molar-refractivity contribution in [2.24, 2.45) is 4.99 Å². The molecule has 0 atom stereocenters. The van der Waals surface area contributed by atoms with E-state index in [0.29, 0.717) is 22.7 Å². The van der Waals surface area contributed by atoms with Crippen LogP contribution in [0, 0.1) is 6.92 Å². The van der Waals surface area contributed by atoms with Crippen LogP contribution in [0.4, 0.5) is 0 Å². The quantitative estimate of drug-likeness (QED) is 0.466. The van der Waals surface area contributed by atoms with E-state index in [1.165, 1.54) is 49.2 Å². The van der Waals surface area contributed by atoms with Crippen molar-refractivity contribution in [2.75, 3.05) is 39.0 Å². The van der Waals surface area contributed by atoms with Gasteiger partial charge in [-0.25, -0.2) is 4.98 Å². The normalized spacial score (nSPS) is 20.2. The van der Waals surface area contributed by atoms with Gasteiger partial charge < -0.3 is 15.5 Å². The van der Waals surface area contributed by atoms with Crippen LogP contribution < -0.4 is 10.6 Å². The molecule has 1 spiro atoms. The third-order valence-electron chi connectivity index (χ3n) is 5.17. The van der Waals surface area contributed by atoms with Crippen molar-refractivity contribution in [2.45, 2.75) is 43.8 Å². The number of hydrogen-bond acceptors (Lipinski definition) is 5. The van der Waals surface area contributed by atoms with Crippen LogP contribution in [0.3, 0.4) is 0 Å². The van der Waals surface area contributed by atoms with E-state index in [9.17, 15) is 4.79 Å². The van der Waals surface area contributed by atoms with Crippen LogP contribution in [0.25, 0.3) is 0 Å². The number of thioether (sulfide) groups is 1. The van der Waals surface area contributed by atoms with Gasteiger partial charge in [0.25, 0.3) is 5.91 Å². The molecule has 1 aromatic heterocycles. The average Bonchev–Trinajstić information content (AvgIpc) is 3.08. The number of nitrogens with zero attached hydrogens (tertiary/aromatic N) is 3. The highest BCUT2D eigenvalue weighted by atomic mass is 32.2. The highest BCUT2D eigenvalue weighted by Gasteiger charge is 2.38. The van der Waals surface area contributed by atoms with E-state index in [0.717, 1.165) is 24.7 Å². The first-order valence-electron chi connectivity index (χ1n) is 9.41. The lowest BCUT2D eigenvalue weighted by molar-refractivity contribution is 0.0957. The molecule has 2 aliphatic rings. The number of thiazole rings is 1. The Morgan fingerprint density at radius 1 is 1.31 bits per heavy atom.